The number of para-hydroxylation sites is 1. The fraction of sp³-hybridized carbons (Fsp3) is 0.200. The van der Waals surface area contributed by atoms with Crippen LogP contribution in [-0.2, 0) is 4.74 Å². The fourth-order valence-corrected chi connectivity index (χ4v) is 2.53. The second-order valence-electron chi connectivity index (χ2n) is 5.67. The monoisotopic (exact) mass is 356 g/mol. The Morgan fingerprint density at radius 2 is 1.84 bits per heavy atom. The van der Waals surface area contributed by atoms with E-state index in [0.29, 0.717) is 12.2 Å². The van der Waals surface area contributed by atoms with Crippen molar-refractivity contribution in [1.82, 2.24) is 4.98 Å². The summed E-state index contributed by atoms with van der Waals surface area (Å²) in [6, 6.07) is 17.4. The van der Waals surface area contributed by atoms with Crippen LogP contribution in [0.4, 0.5) is 11.4 Å². The maximum absolute atomic E-state index is 11.8. The van der Waals surface area contributed by atoms with E-state index in [4.69, 9.17) is 4.74 Å². The number of nitrogens with zero attached hydrogens (tertiary/aromatic N) is 1. The summed E-state index contributed by atoms with van der Waals surface area (Å²) in [5.74, 6) is -0.284. The molecule has 2 aromatic carbocycles. The van der Waals surface area contributed by atoms with Crippen molar-refractivity contribution in [3.63, 3.8) is 0 Å². The van der Waals surface area contributed by atoms with E-state index in [2.05, 4.69) is 10.3 Å². The van der Waals surface area contributed by atoms with Crippen molar-refractivity contribution in [2.24, 2.45) is 0 Å². The number of carbonyl (C=O) groups is 1. The summed E-state index contributed by atoms with van der Waals surface area (Å²) < 4.78 is 5.14. The number of aryl methyl sites for hydroxylation is 1. The van der Waals surface area contributed by atoms with E-state index >= 15 is 0 Å². The molecule has 1 aromatic heterocycles. The van der Waals surface area contributed by atoms with Crippen molar-refractivity contribution in [1.29, 1.82) is 0 Å². The van der Waals surface area contributed by atoms with Crippen molar-refractivity contribution in [3.8, 4) is 0 Å². The Morgan fingerprint density at radius 1 is 1.12 bits per heavy atom. The Hall–Kier alpha value is -2.59. The molecule has 0 fully saturated rings. The van der Waals surface area contributed by atoms with E-state index < -0.39 is 0 Å². The van der Waals surface area contributed by atoms with E-state index in [0.717, 1.165) is 34.4 Å². The van der Waals surface area contributed by atoms with Crippen LogP contribution in [0, 0.1) is 6.92 Å². The number of halogens is 1. The molecule has 0 aliphatic rings. The predicted molar refractivity (Wildman–Crippen MR) is 104 cm³/mol. The summed E-state index contributed by atoms with van der Waals surface area (Å²) >= 11 is 0. The highest BCUT2D eigenvalue weighted by atomic mass is 35.5. The lowest BCUT2D eigenvalue weighted by molar-refractivity contribution is 0.0505. The van der Waals surface area contributed by atoms with Gasteiger partial charge in [0, 0.05) is 22.5 Å². The van der Waals surface area contributed by atoms with Crippen LogP contribution in [0.2, 0.25) is 0 Å². The van der Waals surface area contributed by atoms with E-state index in [-0.39, 0.29) is 18.4 Å². The number of hydrogen-bond donors (Lipinski definition) is 1. The second kappa shape index (κ2) is 8.49. The van der Waals surface area contributed by atoms with Gasteiger partial charge in [-0.25, -0.2) is 4.79 Å². The molecule has 0 radical (unpaired) electrons. The largest absolute Gasteiger partial charge is 0.462 e. The smallest absolute Gasteiger partial charge is 0.338 e. The SMILES string of the molecule is CCCOC(=O)c1ccc(Nc2cc(C)nc3ccccc23)cc1.Cl. The molecule has 0 atom stereocenters. The first kappa shape index (κ1) is 18.7. The zero-order valence-electron chi connectivity index (χ0n) is 14.3. The Labute approximate surface area is 153 Å². The van der Waals surface area contributed by atoms with Crippen molar-refractivity contribution in [3.05, 3.63) is 65.9 Å². The molecule has 0 spiro atoms. The quantitative estimate of drug-likeness (QED) is 0.632. The van der Waals surface area contributed by atoms with Gasteiger partial charge in [-0.15, -0.1) is 12.4 Å². The van der Waals surface area contributed by atoms with Crippen molar-refractivity contribution in [2.75, 3.05) is 11.9 Å². The fourth-order valence-electron chi connectivity index (χ4n) is 2.53. The maximum Gasteiger partial charge on any atom is 0.338 e. The molecular weight excluding hydrogens is 336 g/mol. The minimum Gasteiger partial charge on any atom is -0.462 e. The van der Waals surface area contributed by atoms with Crippen molar-refractivity contribution >= 4 is 40.7 Å². The van der Waals surface area contributed by atoms with Gasteiger partial charge in [-0.2, -0.15) is 0 Å². The van der Waals surface area contributed by atoms with Gasteiger partial charge in [0.05, 0.1) is 17.7 Å². The van der Waals surface area contributed by atoms with Crippen LogP contribution in [0.15, 0.2) is 54.6 Å². The Morgan fingerprint density at radius 3 is 2.56 bits per heavy atom. The first-order valence-electron chi connectivity index (χ1n) is 8.08. The van der Waals surface area contributed by atoms with E-state index in [1.165, 1.54) is 0 Å². The number of aromatic nitrogens is 1. The first-order valence-corrected chi connectivity index (χ1v) is 8.08. The maximum atomic E-state index is 11.8. The number of rotatable bonds is 5. The van der Waals surface area contributed by atoms with Gasteiger partial charge in [0.1, 0.15) is 0 Å². The number of esters is 1. The molecule has 3 rings (SSSR count). The number of benzene rings is 2. The molecule has 25 heavy (non-hydrogen) atoms. The highest BCUT2D eigenvalue weighted by molar-refractivity contribution is 5.94. The Balaban J connectivity index is 0.00000225. The number of ether oxygens (including phenoxy) is 1. The third kappa shape index (κ3) is 4.48. The van der Waals surface area contributed by atoms with Gasteiger partial charge in [-0.05, 0) is 49.7 Å². The third-order valence-electron chi connectivity index (χ3n) is 3.68. The molecule has 4 nitrogen and oxygen atoms in total. The molecule has 0 unspecified atom stereocenters. The van der Waals surface area contributed by atoms with E-state index in [1.807, 2.05) is 56.3 Å². The zero-order chi connectivity index (χ0) is 16.9. The summed E-state index contributed by atoms with van der Waals surface area (Å²) in [4.78, 5) is 16.4. The minimum atomic E-state index is -0.284. The van der Waals surface area contributed by atoms with Gasteiger partial charge in [-0.1, -0.05) is 25.1 Å². The molecular formula is C20H21ClN2O2. The molecule has 1 heterocycles. The molecule has 1 N–H and O–H groups in total. The van der Waals surface area contributed by atoms with E-state index in [1.54, 1.807) is 12.1 Å². The lowest BCUT2D eigenvalue weighted by Gasteiger charge is -2.11. The number of carbonyl (C=O) groups excluding carboxylic acids is 1. The number of nitrogens with one attached hydrogen (secondary N) is 1. The van der Waals surface area contributed by atoms with Gasteiger partial charge >= 0.3 is 5.97 Å². The van der Waals surface area contributed by atoms with E-state index in [9.17, 15) is 4.79 Å². The van der Waals surface area contributed by atoms with Gasteiger partial charge in [0.2, 0.25) is 0 Å². The lowest BCUT2D eigenvalue weighted by atomic mass is 10.1. The normalized spacial score (nSPS) is 10.2. The summed E-state index contributed by atoms with van der Waals surface area (Å²) in [5, 5.41) is 4.47. The summed E-state index contributed by atoms with van der Waals surface area (Å²) in [5.41, 5.74) is 4.39. The molecule has 0 saturated carbocycles. The predicted octanol–water partition coefficient (Wildman–Crippen LogP) is 5.28. The average Bonchev–Trinajstić information content (AvgIpc) is 2.60. The molecule has 0 bridgehead atoms. The molecule has 130 valence electrons. The van der Waals surface area contributed by atoms with Crippen LogP contribution in [-0.4, -0.2) is 17.6 Å². The van der Waals surface area contributed by atoms with Crippen LogP contribution in [0.3, 0.4) is 0 Å². The standard InChI is InChI=1S/C20H20N2O2.ClH/c1-3-12-24-20(23)15-8-10-16(11-9-15)22-19-13-14(2)21-18-7-5-4-6-17(18)19;/h4-11,13H,3,12H2,1-2H3,(H,21,22);1H. The van der Waals surface area contributed by atoms with Gasteiger partial charge in [0.15, 0.2) is 0 Å². The third-order valence-corrected chi connectivity index (χ3v) is 3.68. The van der Waals surface area contributed by atoms with Crippen molar-refractivity contribution < 1.29 is 9.53 Å². The van der Waals surface area contributed by atoms with Gasteiger partial charge in [-0.3, -0.25) is 4.98 Å². The van der Waals surface area contributed by atoms with Crippen LogP contribution in [0.25, 0.3) is 10.9 Å². The first-order chi connectivity index (χ1) is 11.7. The molecule has 0 saturated heterocycles. The average molecular weight is 357 g/mol. The molecule has 0 aliphatic carbocycles. The minimum absolute atomic E-state index is 0. The highest BCUT2D eigenvalue weighted by Crippen LogP contribution is 2.26. The molecule has 3 aromatic rings. The number of hydrogen-bond acceptors (Lipinski definition) is 4. The Bertz CT molecular complexity index is 863. The highest BCUT2D eigenvalue weighted by Gasteiger charge is 2.07. The number of fused-ring (bicyclic) bond motifs is 1. The summed E-state index contributed by atoms with van der Waals surface area (Å²) in [6.45, 7) is 4.40. The summed E-state index contributed by atoms with van der Waals surface area (Å²) in [7, 11) is 0. The second-order valence-corrected chi connectivity index (χ2v) is 5.67. The number of pyridine rings is 1. The molecule has 0 aliphatic heterocycles. The zero-order valence-corrected chi connectivity index (χ0v) is 15.1. The molecule has 0 amide bonds. The van der Waals surface area contributed by atoms with Gasteiger partial charge in [0.25, 0.3) is 0 Å². The molecule has 5 heteroatoms. The van der Waals surface area contributed by atoms with Crippen LogP contribution >= 0.6 is 12.4 Å². The van der Waals surface area contributed by atoms with Crippen LogP contribution in [0.1, 0.15) is 29.4 Å². The topological polar surface area (TPSA) is 51.2 Å². The van der Waals surface area contributed by atoms with Crippen molar-refractivity contribution in [2.45, 2.75) is 20.3 Å². The van der Waals surface area contributed by atoms with Crippen LogP contribution < -0.4 is 5.32 Å². The van der Waals surface area contributed by atoms with Gasteiger partial charge < -0.3 is 10.1 Å². The lowest BCUT2D eigenvalue weighted by Crippen LogP contribution is -2.05. The summed E-state index contributed by atoms with van der Waals surface area (Å²) in [6.07, 6.45) is 0.819. The van der Waals surface area contributed by atoms with Crippen LogP contribution in [0.5, 0.6) is 0 Å². The number of anilines is 2. The Kier molecular flexibility index (Phi) is 6.37.